The van der Waals surface area contributed by atoms with Crippen LogP contribution < -0.4 is 29.6 Å². The van der Waals surface area contributed by atoms with Crippen molar-refractivity contribution in [1.29, 1.82) is 0 Å². The SMILES string of the molecule is COc1cccc(-c2c(OC3CCNCC3)ccc3cnc(Nc4ccc(OC)c(OC)c4)cc23)c1.Cl. The van der Waals surface area contributed by atoms with Crippen molar-refractivity contribution in [3.63, 3.8) is 0 Å². The average Bonchev–Trinajstić information content (AvgIpc) is 2.93. The molecule has 2 N–H and O–H groups in total. The third-order valence-corrected chi connectivity index (χ3v) is 6.46. The van der Waals surface area contributed by atoms with Crippen LogP contribution in [-0.2, 0) is 0 Å². The molecule has 1 aromatic heterocycles. The normalized spacial score (nSPS) is 13.5. The van der Waals surface area contributed by atoms with Gasteiger partial charge >= 0.3 is 0 Å². The molecule has 194 valence electrons. The molecule has 0 atom stereocenters. The van der Waals surface area contributed by atoms with E-state index in [9.17, 15) is 0 Å². The fourth-order valence-corrected chi connectivity index (χ4v) is 4.59. The quantitative estimate of drug-likeness (QED) is 0.285. The summed E-state index contributed by atoms with van der Waals surface area (Å²) in [5.41, 5.74) is 2.92. The lowest BCUT2D eigenvalue weighted by atomic mass is 9.97. The molecule has 0 saturated carbocycles. The monoisotopic (exact) mass is 521 g/mol. The number of piperidine rings is 1. The van der Waals surface area contributed by atoms with E-state index in [1.165, 1.54) is 0 Å². The fourth-order valence-electron chi connectivity index (χ4n) is 4.59. The van der Waals surface area contributed by atoms with E-state index in [-0.39, 0.29) is 18.5 Å². The third kappa shape index (κ3) is 5.84. The lowest BCUT2D eigenvalue weighted by Crippen LogP contribution is -2.34. The Hall–Kier alpha value is -3.68. The minimum absolute atomic E-state index is 0. The van der Waals surface area contributed by atoms with E-state index in [2.05, 4.69) is 39.9 Å². The number of methoxy groups -OCH3 is 3. The second kappa shape index (κ2) is 12.0. The molecule has 37 heavy (non-hydrogen) atoms. The highest BCUT2D eigenvalue weighted by atomic mass is 35.5. The third-order valence-electron chi connectivity index (χ3n) is 6.46. The maximum Gasteiger partial charge on any atom is 0.162 e. The van der Waals surface area contributed by atoms with Gasteiger partial charge in [0.05, 0.1) is 21.3 Å². The van der Waals surface area contributed by atoms with Crippen LogP contribution in [-0.4, -0.2) is 45.5 Å². The summed E-state index contributed by atoms with van der Waals surface area (Å²) in [7, 11) is 4.93. The van der Waals surface area contributed by atoms with Gasteiger partial charge in [0.15, 0.2) is 11.5 Å². The zero-order valence-electron chi connectivity index (χ0n) is 21.2. The number of halogens is 1. The maximum absolute atomic E-state index is 6.58. The highest BCUT2D eigenvalue weighted by molar-refractivity contribution is 6.01. The first-order valence-electron chi connectivity index (χ1n) is 12.1. The number of pyridine rings is 1. The van der Waals surface area contributed by atoms with E-state index in [0.717, 1.165) is 70.8 Å². The smallest absolute Gasteiger partial charge is 0.162 e. The minimum atomic E-state index is 0. The molecule has 7 nitrogen and oxygen atoms in total. The van der Waals surface area contributed by atoms with Crippen molar-refractivity contribution >= 4 is 34.7 Å². The van der Waals surface area contributed by atoms with E-state index < -0.39 is 0 Å². The van der Waals surface area contributed by atoms with Gasteiger partial charge in [-0.15, -0.1) is 12.4 Å². The Morgan fingerprint density at radius 3 is 2.38 bits per heavy atom. The number of hydrogen-bond donors (Lipinski definition) is 2. The van der Waals surface area contributed by atoms with Gasteiger partial charge in [-0.05, 0) is 79.3 Å². The van der Waals surface area contributed by atoms with Crippen molar-refractivity contribution in [2.24, 2.45) is 0 Å². The van der Waals surface area contributed by atoms with Crippen molar-refractivity contribution in [3.8, 4) is 34.1 Å². The van der Waals surface area contributed by atoms with E-state index in [1.807, 2.05) is 42.6 Å². The second-order valence-corrected chi connectivity index (χ2v) is 8.72. The van der Waals surface area contributed by atoms with E-state index in [1.54, 1.807) is 21.3 Å². The summed E-state index contributed by atoms with van der Waals surface area (Å²) in [5.74, 6) is 3.71. The minimum Gasteiger partial charge on any atom is -0.497 e. The summed E-state index contributed by atoms with van der Waals surface area (Å²) in [5, 5.41) is 8.89. The molecule has 2 heterocycles. The Kier molecular flexibility index (Phi) is 8.58. The molecule has 5 rings (SSSR count). The topological polar surface area (TPSA) is 73.9 Å². The molecule has 0 spiro atoms. The molecule has 1 aliphatic heterocycles. The van der Waals surface area contributed by atoms with Gasteiger partial charge in [-0.3, -0.25) is 0 Å². The Morgan fingerprint density at radius 2 is 1.62 bits per heavy atom. The molecule has 0 amide bonds. The first kappa shape index (κ1) is 26.4. The number of fused-ring (bicyclic) bond motifs is 1. The first-order chi connectivity index (χ1) is 17.7. The maximum atomic E-state index is 6.58. The van der Waals surface area contributed by atoms with Gasteiger partial charge in [0.25, 0.3) is 0 Å². The highest BCUT2D eigenvalue weighted by Gasteiger charge is 2.19. The molecular formula is C29H32ClN3O4. The molecule has 3 aromatic carbocycles. The van der Waals surface area contributed by atoms with Gasteiger partial charge < -0.3 is 29.6 Å². The summed E-state index contributed by atoms with van der Waals surface area (Å²) in [6.45, 7) is 1.94. The van der Waals surface area contributed by atoms with Crippen LogP contribution in [0.4, 0.5) is 11.5 Å². The Balaban J connectivity index is 0.00000320. The van der Waals surface area contributed by atoms with E-state index in [0.29, 0.717) is 11.5 Å². The molecule has 0 aliphatic carbocycles. The van der Waals surface area contributed by atoms with Crippen LogP contribution in [0.3, 0.4) is 0 Å². The highest BCUT2D eigenvalue weighted by Crippen LogP contribution is 2.40. The van der Waals surface area contributed by atoms with Crippen molar-refractivity contribution in [3.05, 3.63) is 66.9 Å². The van der Waals surface area contributed by atoms with Crippen molar-refractivity contribution < 1.29 is 18.9 Å². The van der Waals surface area contributed by atoms with Crippen LogP contribution in [0, 0.1) is 0 Å². The predicted octanol–water partition coefficient (Wildman–Crippen LogP) is 6.22. The number of nitrogens with one attached hydrogen (secondary N) is 2. The van der Waals surface area contributed by atoms with Crippen molar-refractivity contribution in [1.82, 2.24) is 10.3 Å². The molecule has 1 aliphatic rings. The number of ether oxygens (including phenoxy) is 4. The number of anilines is 2. The van der Waals surface area contributed by atoms with Crippen LogP contribution in [0.1, 0.15) is 12.8 Å². The summed E-state index contributed by atoms with van der Waals surface area (Å²) in [6, 6.07) is 20.0. The Labute approximate surface area is 223 Å². The predicted molar refractivity (Wildman–Crippen MR) is 150 cm³/mol. The second-order valence-electron chi connectivity index (χ2n) is 8.72. The van der Waals surface area contributed by atoms with Crippen LogP contribution >= 0.6 is 12.4 Å². The summed E-state index contributed by atoms with van der Waals surface area (Å²) in [6.07, 6.45) is 4.03. The molecule has 1 saturated heterocycles. The van der Waals surface area contributed by atoms with Gasteiger partial charge in [0.1, 0.15) is 23.4 Å². The Morgan fingerprint density at radius 1 is 0.838 bits per heavy atom. The zero-order chi connectivity index (χ0) is 24.9. The van der Waals surface area contributed by atoms with Crippen molar-refractivity contribution in [2.75, 3.05) is 39.7 Å². The van der Waals surface area contributed by atoms with Crippen LogP contribution in [0.5, 0.6) is 23.0 Å². The zero-order valence-corrected chi connectivity index (χ0v) is 22.1. The Bertz CT molecular complexity index is 1360. The van der Waals surface area contributed by atoms with Crippen LogP contribution in [0.2, 0.25) is 0 Å². The molecule has 8 heteroatoms. The summed E-state index contributed by atoms with van der Waals surface area (Å²) < 4.78 is 22.9. The standard InChI is InChI=1S/C29H31N3O4.ClH/c1-33-23-6-4-5-19(15-23)29-24-17-28(32-21-8-10-25(34-2)27(16-21)35-3)31-18-20(24)7-9-26(29)36-22-11-13-30-14-12-22;/h4-10,15-18,22,30H,11-14H2,1-3H3,(H,31,32);1H. The molecule has 1 fully saturated rings. The van der Waals surface area contributed by atoms with Crippen LogP contribution in [0.15, 0.2) is 66.9 Å². The van der Waals surface area contributed by atoms with Gasteiger partial charge in [-0.2, -0.15) is 0 Å². The number of rotatable bonds is 8. The number of hydrogen-bond acceptors (Lipinski definition) is 7. The molecular weight excluding hydrogens is 490 g/mol. The molecule has 0 radical (unpaired) electrons. The van der Waals surface area contributed by atoms with E-state index >= 15 is 0 Å². The van der Waals surface area contributed by atoms with Gasteiger partial charge in [0.2, 0.25) is 0 Å². The number of aromatic nitrogens is 1. The fraction of sp³-hybridized carbons (Fsp3) is 0.276. The average molecular weight is 522 g/mol. The molecule has 0 unspecified atom stereocenters. The molecule has 4 aromatic rings. The summed E-state index contributed by atoms with van der Waals surface area (Å²) in [4.78, 5) is 4.66. The lowest BCUT2D eigenvalue weighted by Gasteiger charge is -2.26. The lowest BCUT2D eigenvalue weighted by molar-refractivity contribution is 0.163. The van der Waals surface area contributed by atoms with Crippen molar-refractivity contribution in [2.45, 2.75) is 18.9 Å². The molecule has 0 bridgehead atoms. The largest absolute Gasteiger partial charge is 0.497 e. The number of benzene rings is 3. The number of nitrogens with zero attached hydrogens (tertiary/aromatic N) is 1. The van der Waals surface area contributed by atoms with Gasteiger partial charge in [-0.25, -0.2) is 4.98 Å². The van der Waals surface area contributed by atoms with Gasteiger partial charge in [0, 0.05) is 28.9 Å². The van der Waals surface area contributed by atoms with E-state index in [4.69, 9.17) is 18.9 Å². The summed E-state index contributed by atoms with van der Waals surface area (Å²) >= 11 is 0. The van der Waals surface area contributed by atoms with Gasteiger partial charge in [-0.1, -0.05) is 12.1 Å². The van der Waals surface area contributed by atoms with Crippen LogP contribution in [0.25, 0.3) is 21.9 Å². The first-order valence-corrected chi connectivity index (χ1v) is 12.1.